The maximum Gasteiger partial charge on any atom is 0.391 e. The molecule has 0 radical (unpaired) electrons. The predicted octanol–water partition coefficient (Wildman–Crippen LogP) is 3.26. The van der Waals surface area contributed by atoms with Gasteiger partial charge >= 0.3 is 6.18 Å². The summed E-state index contributed by atoms with van der Waals surface area (Å²) >= 11 is 0. The molecule has 1 fully saturated rings. The fourth-order valence-corrected chi connectivity index (χ4v) is 2.50. The lowest BCUT2D eigenvalue weighted by Crippen LogP contribution is -2.40. The molecule has 1 aliphatic rings. The minimum absolute atomic E-state index is 0.00451. The summed E-state index contributed by atoms with van der Waals surface area (Å²) in [5.41, 5.74) is 5.37. The Hall–Kier alpha value is -1.79. The number of alkyl halides is 3. The summed E-state index contributed by atoms with van der Waals surface area (Å²) < 4.78 is 50.9. The molecule has 0 saturated heterocycles. The number of hydrogen-bond acceptors (Lipinski definition) is 2. The van der Waals surface area contributed by atoms with Crippen molar-refractivity contribution < 1.29 is 22.4 Å². The molecule has 0 aliphatic heterocycles. The third-order valence-corrected chi connectivity index (χ3v) is 3.79. The SMILES string of the molecule is Nc1ccc(C(=O)NC2CCC(C(F)(F)F)CC2)cc1F. The zero-order valence-electron chi connectivity index (χ0n) is 11.2. The average Bonchev–Trinajstić information content (AvgIpc) is 2.41. The third-order valence-electron chi connectivity index (χ3n) is 3.79. The quantitative estimate of drug-likeness (QED) is 0.651. The van der Waals surface area contributed by atoms with E-state index < -0.39 is 23.8 Å². The number of rotatable bonds is 2. The second-order valence-electron chi connectivity index (χ2n) is 5.30. The van der Waals surface area contributed by atoms with Crippen LogP contribution in [0.3, 0.4) is 0 Å². The Labute approximate surface area is 119 Å². The van der Waals surface area contributed by atoms with Crippen LogP contribution in [0.25, 0.3) is 0 Å². The summed E-state index contributed by atoms with van der Waals surface area (Å²) in [6.45, 7) is 0. The van der Waals surface area contributed by atoms with Crippen LogP contribution in [-0.4, -0.2) is 18.1 Å². The highest BCUT2D eigenvalue weighted by Gasteiger charge is 2.41. The molecular formula is C14H16F4N2O. The van der Waals surface area contributed by atoms with Crippen LogP contribution >= 0.6 is 0 Å². The van der Waals surface area contributed by atoms with E-state index in [-0.39, 0.29) is 43.0 Å². The van der Waals surface area contributed by atoms with Crippen LogP contribution in [0.15, 0.2) is 18.2 Å². The minimum atomic E-state index is -4.17. The van der Waals surface area contributed by atoms with E-state index in [1.54, 1.807) is 0 Å². The molecule has 2 rings (SSSR count). The molecule has 0 atom stereocenters. The highest BCUT2D eigenvalue weighted by Crippen LogP contribution is 2.37. The maximum absolute atomic E-state index is 13.3. The normalized spacial score (nSPS) is 22.9. The molecule has 116 valence electrons. The van der Waals surface area contributed by atoms with Crippen LogP contribution < -0.4 is 11.1 Å². The predicted molar refractivity (Wildman–Crippen MR) is 70.1 cm³/mol. The summed E-state index contributed by atoms with van der Waals surface area (Å²) in [5.74, 6) is -2.48. The minimum Gasteiger partial charge on any atom is -0.396 e. The summed E-state index contributed by atoms with van der Waals surface area (Å²) in [4.78, 5) is 11.9. The summed E-state index contributed by atoms with van der Waals surface area (Å²) in [7, 11) is 0. The van der Waals surface area contributed by atoms with Gasteiger partial charge in [0.05, 0.1) is 11.6 Å². The van der Waals surface area contributed by atoms with Crippen LogP contribution in [0.4, 0.5) is 23.2 Å². The monoisotopic (exact) mass is 304 g/mol. The molecular weight excluding hydrogens is 288 g/mol. The first kappa shape index (κ1) is 15.6. The lowest BCUT2D eigenvalue weighted by Gasteiger charge is -2.30. The van der Waals surface area contributed by atoms with E-state index in [1.807, 2.05) is 0 Å². The first-order valence-corrected chi connectivity index (χ1v) is 6.70. The average molecular weight is 304 g/mol. The molecule has 1 aromatic carbocycles. The largest absolute Gasteiger partial charge is 0.396 e. The number of carbonyl (C=O) groups is 1. The van der Waals surface area contributed by atoms with Gasteiger partial charge in [0, 0.05) is 11.6 Å². The fraction of sp³-hybridized carbons (Fsp3) is 0.500. The highest BCUT2D eigenvalue weighted by atomic mass is 19.4. The smallest absolute Gasteiger partial charge is 0.391 e. The van der Waals surface area contributed by atoms with E-state index in [1.165, 1.54) is 12.1 Å². The number of anilines is 1. The Bertz CT molecular complexity index is 522. The standard InChI is InChI=1S/C14H16F4N2O/c15-11-7-8(1-6-12(11)19)13(21)20-10-4-2-9(3-5-10)14(16,17)18/h1,6-7,9-10H,2-5,19H2,(H,20,21). The summed E-state index contributed by atoms with van der Waals surface area (Å²) in [6.07, 6.45) is -3.62. The molecule has 1 saturated carbocycles. The molecule has 21 heavy (non-hydrogen) atoms. The molecule has 0 bridgehead atoms. The van der Waals surface area contributed by atoms with Gasteiger partial charge in [0.25, 0.3) is 5.91 Å². The van der Waals surface area contributed by atoms with Crippen molar-refractivity contribution in [2.24, 2.45) is 5.92 Å². The first-order valence-electron chi connectivity index (χ1n) is 6.70. The van der Waals surface area contributed by atoms with Crippen molar-refractivity contribution in [1.82, 2.24) is 5.32 Å². The molecule has 1 aliphatic carbocycles. The van der Waals surface area contributed by atoms with Gasteiger partial charge in [-0.05, 0) is 43.9 Å². The molecule has 0 unspecified atom stereocenters. The van der Waals surface area contributed by atoms with Crippen molar-refractivity contribution in [3.05, 3.63) is 29.6 Å². The molecule has 3 nitrogen and oxygen atoms in total. The Kier molecular flexibility index (Phi) is 4.39. The Morgan fingerprint density at radius 1 is 1.19 bits per heavy atom. The number of benzene rings is 1. The fourth-order valence-electron chi connectivity index (χ4n) is 2.50. The second kappa shape index (κ2) is 5.91. The van der Waals surface area contributed by atoms with Crippen molar-refractivity contribution in [2.45, 2.75) is 37.9 Å². The van der Waals surface area contributed by atoms with Crippen LogP contribution in [0.1, 0.15) is 36.0 Å². The van der Waals surface area contributed by atoms with E-state index in [2.05, 4.69) is 5.32 Å². The number of nitrogen functional groups attached to an aromatic ring is 1. The number of nitrogens with two attached hydrogens (primary N) is 1. The first-order chi connectivity index (χ1) is 9.77. The van der Waals surface area contributed by atoms with E-state index in [0.29, 0.717) is 0 Å². The number of amides is 1. The Balaban J connectivity index is 1.91. The van der Waals surface area contributed by atoms with E-state index in [9.17, 15) is 22.4 Å². The van der Waals surface area contributed by atoms with Crippen LogP contribution in [0.2, 0.25) is 0 Å². The molecule has 0 aromatic heterocycles. The van der Waals surface area contributed by atoms with Gasteiger partial charge in [-0.1, -0.05) is 0 Å². The van der Waals surface area contributed by atoms with Gasteiger partial charge in [0.15, 0.2) is 0 Å². The number of hydrogen-bond donors (Lipinski definition) is 2. The molecule has 0 spiro atoms. The topological polar surface area (TPSA) is 55.1 Å². The number of nitrogens with one attached hydrogen (secondary N) is 1. The van der Waals surface area contributed by atoms with Crippen molar-refractivity contribution in [2.75, 3.05) is 5.73 Å². The van der Waals surface area contributed by atoms with Crippen molar-refractivity contribution in [3.63, 3.8) is 0 Å². The van der Waals surface area contributed by atoms with E-state index in [0.717, 1.165) is 6.07 Å². The summed E-state index contributed by atoms with van der Waals surface area (Å²) in [6, 6.07) is 3.38. The van der Waals surface area contributed by atoms with Gasteiger partial charge in [-0.3, -0.25) is 4.79 Å². The zero-order chi connectivity index (χ0) is 15.6. The molecule has 0 heterocycles. The van der Waals surface area contributed by atoms with E-state index in [4.69, 9.17) is 5.73 Å². The van der Waals surface area contributed by atoms with Gasteiger partial charge < -0.3 is 11.1 Å². The number of halogens is 4. The van der Waals surface area contributed by atoms with Gasteiger partial charge in [-0.2, -0.15) is 13.2 Å². The molecule has 1 aromatic rings. The Morgan fingerprint density at radius 3 is 2.33 bits per heavy atom. The molecule has 7 heteroatoms. The summed E-state index contributed by atoms with van der Waals surface area (Å²) in [5, 5.41) is 2.64. The lowest BCUT2D eigenvalue weighted by atomic mass is 9.85. The lowest BCUT2D eigenvalue weighted by molar-refractivity contribution is -0.182. The van der Waals surface area contributed by atoms with Gasteiger partial charge in [-0.25, -0.2) is 4.39 Å². The molecule has 1 amide bonds. The maximum atomic E-state index is 13.3. The zero-order valence-corrected chi connectivity index (χ0v) is 11.2. The van der Waals surface area contributed by atoms with Crippen LogP contribution in [0.5, 0.6) is 0 Å². The van der Waals surface area contributed by atoms with Crippen molar-refractivity contribution in [3.8, 4) is 0 Å². The van der Waals surface area contributed by atoms with Crippen molar-refractivity contribution in [1.29, 1.82) is 0 Å². The van der Waals surface area contributed by atoms with Gasteiger partial charge in [-0.15, -0.1) is 0 Å². The van der Waals surface area contributed by atoms with Crippen LogP contribution in [-0.2, 0) is 0 Å². The highest BCUT2D eigenvalue weighted by molar-refractivity contribution is 5.94. The second-order valence-corrected chi connectivity index (χ2v) is 5.30. The van der Waals surface area contributed by atoms with Gasteiger partial charge in [0.2, 0.25) is 0 Å². The van der Waals surface area contributed by atoms with E-state index >= 15 is 0 Å². The van der Waals surface area contributed by atoms with Gasteiger partial charge in [0.1, 0.15) is 5.82 Å². The van der Waals surface area contributed by atoms with Crippen molar-refractivity contribution >= 4 is 11.6 Å². The van der Waals surface area contributed by atoms with Crippen LogP contribution in [0, 0.1) is 11.7 Å². The number of carbonyl (C=O) groups excluding carboxylic acids is 1. The third kappa shape index (κ3) is 3.86. The molecule has 3 N–H and O–H groups in total. The Morgan fingerprint density at radius 2 is 1.81 bits per heavy atom.